The number of rotatable bonds is 0. The van der Waals surface area contributed by atoms with Crippen LogP contribution in [0.4, 0.5) is 51.8 Å². The second-order valence-corrected chi connectivity index (χ2v) is 3.49. The Morgan fingerprint density at radius 2 is 0.720 bits per heavy atom. The largest absolute Gasteiger partial charge is 0.471 e. The molecule has 0 unspecified atom stereocenters. The molecule has 1 aromatic carbocycles. The molecule has 0 fully saturated rings. The van der Waals surface area contributed by atoms with Crippen LogP contribution >= 0.6 is 0 Å². The molecule has 0 bridgehead atoms. The normalized spacial score (nSPS) is 10.9. The zero-order chi connectivity index (χ0) is 19.6. The first-order valence-corrected chi connectivity index (χ1v) is 5.49. The van der Waals surface area contributed by atoms with E-state index in [4.69, 9.17) is 4.42 Å². The second kappa shape index (κ2) is 13.0. The van der Waals surface area contributed by atoms with Crippen LogP contribution in [0.3, 0.4) is 0 Å². The molecule has 0 saturated carbocycles. The molecule has 25 heavy (non-hydrogen) atoms. The van der Waals surface area contributed by atoms with Crippen LogP contribution in [0.1, 0.15) is 0 Å². The average Bonchev–Trinajstić information content (AvgIpc) is 2.69. The van der Waals surface area contributed by atoms with Gasteiger partial charge in [-0.3, -0.25) is 0 Å². The van der Waals surface area contributed by atoms with Crippen molar-refractivity contribution in [1.29, 1.82) is 0 Å². The average molecular weight is 419 g/mol. The van der Waals surface area contributed by atoms with E-state index in [0.717, 1.165) is 10.8 Å². The third kappa shape index (κ3) is 40.0. The molecule has 17 heteroatoms. The third-order valence-electron chi connectivity index (χ3n) is 1.39. The van der Waals surface area contributed by atoms with Crippen molar-refractivity contribution in [2.24, 2.45) is 0 Å². The molecule has 0 aliphatic heterocycles. The van der Waals surface area contributed by atoms with Gasteiger partial charge in [-0.2, -0.15) is 0 Å². The van der Waals surface area contributed by atoms with Gasteiger partial charge in [-0.05, 0) is 0 Å². The van der Waals surface area contributed by atoms with Gasteiger partial charge in [0, 0.05) is 10.8 Å². The van der Waals surface area contributed by atoms with Gasteiger partial charge in [0.25, 0.3) is 0 Å². The number of fused-ring (bicyclic) bond motifs is 1. The predicted molar refractivity (Wildman–Crippen MR) is 73.9 cm³/mol. The zero-order valence-corrected chi connectivity index (χ0v) is 11.1. The molecular formula is C8H7B3F12KO-3. The van der Waals surface area contributed by atoms with E-state index >= 15 is 0 Å². The summed E-state index contributed by atoms with van der Waals surface area (Å²) in [6.07, 6.45) is 3.49. The number of benzene rings is 1. The Balaban J connectivity index is -0.000000269. The Bertz CT molecular complexity index is 489. The minimum Gasteiger partial charge on any atom is -0.471 e. The van der Waals surface area contributed by atoms with Crippen molar-refractivity contribution in [2.45, 2.75) is 0 Å². The van der Waals surface area contributed by atoms with E-state index in [2.05, 4.69) is 0 Å². The minimum atomic E-state index is -6.00. The zero-order valence-electron chi connectivity index (χ0n) is 11.1. The first-order valence-electron chi connectivity index (χ1n) is 5.49. The smallest absolute Gasteiger partial charge is 0.0981 e. The summed E-state index contributed by atoms with van der Waals surface area (Å²) < 4.78 is 122. The summed E-state index contributed by atoms with van der Waals surface area (Å²) in [7, 11) is -18.0. The summed E-state index contributed by atoms with van der Waals surface area (Å²) in [5.41, 5.74) is 0. The quantitative estimate of drug-likeness (QED) is 0.396. The summed E-state index contributed by atoms with van der Waals surface area (Å²) >= 11 is 0. The molecule has 2 aromatic rings. The fourth-order valence-corrected chi connectivity index (χ4v) is 0.906. The first kappa shape index (κ1) is 29.5. The Morgan fingerprint density at radius 3 is 0.920 bits per heavy atom. The molecule has 0 N–H and O–H groups in total. The van der Waals surface area contributed by atoms with Gasteiger partial charge in [-0.15, -0.1) is 0 Å². The van der Waals surface area contributed by atoms with Crippen LogP contribution < -0.4 is 0 Å². The fraction of sp³-hybridized carbons (Fsp3) is 0. The van der Waals surface area contributed by atoms with Gasteiger partial charge < -0.3 is 56.2 Å². The van der Waals surface area contributed by atoms with E-state index < -0.39 is 21.8 Å². The molecule has 1 aromatic heterocycles. The predicted octanol–water partition coefficient (Wildman–Crippen LogP) is 5.68. The van der Waals surface area contributed by atoms with E-state index in [1.54, 1.807) is 12.5 Å². The Hall–Kier alpha value is -0.249. The van der Waals surface area contributed by atoms with Crippen molar-refractivity contribution in [3.8, 4) is 0 Å². The topological polar surface area (TPSA) is 13.1 Å². The Morgan fingerprint density at radius 1 is 0.520 bits per heavy atom. The van der Waals surface area contributed by atoms with E-state index in [9.17, 15) is 51.8 Å². The van der Waals surface area contributed by atoms with Crippen molar-refractivity contribution >= 4 is 83.9 Å². The van der Waals surface area contributed by atoms with Crippen molar-refractivity contribution in [3.63, 3.8) is 0 Å². The molecular weight excluding hydrogens is 412 g/mol. The van der Waals surface area contributed by atoms with Gasteiger partial charge in [0.15, 0.2) is 0 Å². The van der Waals surface area contributed by atoms with Crippen molar-refractivity contribution in [3.05, 3.63) is 36.8 Å². The van der Waals surface area contributed by atoms with Crippen LogP contribution in [0.15, 0.2) is 41.2 Å². The molecule has 0 amide bonds. The summed E-state index contributed by atoms with van der Waals surface area (Å²) in [6, 6.07) is 8.05. The minimum absolute atomic E-state index is 0. The monoisotopic (exact) mass is 419 g/mol. The maximum absolute atomic E-state index is 9.75. The molecule has 0 radical (unpaired) electrons. The van der Waals surface area contributed by atoms with Crippen LogP contribution in [0.2, 0.25) is 0 Å². The van der Waals surface area contributed by atoms with Crippen LogP contribution in [0, 0.1) is 0 Å². The molecule has 0 saturated heterocycles. The van der Waals surface area contributed by atoms with Crippen molar-refractivity contribution < 1.29 is 56.2 Å². The summed E-state index contributed by atoms with van der Waals surface area (Å²) in [4.78, 5) is 0. The molecule has 1 nitrogen and oxygen atoms in total. The third-order valence-corrected chi connectivity index (χ3v) is 1.39. The standard InChI is InChI=1S/C8H6O.3BF4.K.H/c1-2-4-8-6-9-5-7(8)3-1;3*2-1(3,4)5;;/h1-6H;;;;;/q;3*-1;;. The SMILES string of the molecule is F[B-](F)(F)F.F[B-](F)(F)F.F[B-](F)(F)F.[KH].c1ccc2cocc2c1. The van der Waals surface area contributed by atoms with Crippen LogP contribution in [0.25, 0.3) is 10.8 Å². The fourth-order valence-electron chi connectivity index (χ4n) is 0.906. The van der Waals surface area contributed by atoms with Crippen molar-refractivity contribution in [2.75, 3.05) is 0 Å². The van der Waals surface area contributed by atoms with E-state index in [1.165, 1.54) is 0 Å². The van der Waals surface area contributed by atoms with Crippen LogP contribution in [0.5, 0.6) is 0 Å². The number of furan rings is 1. The molecule has 142 valence electrons. The molecule has 0 aliphatic carbocycles. The molecule has 1 heterocycles. The number of hydrogen-bond acceptors (Lipinski definition) is 1. The summed E-state index contributed by atoms with van der Waals surface area (Å²) in [5.74, 6) is 0. The number of hydrogen-bond donors (Lipinski definition) is 0. The molecule has 2 rings (SSSR count). The van der Waals surface area contributed by atoms with Gasteiger partial charge >= 0.3 is 73.1 Å². The van der Waals surface area contributed by atoms with Gasteiger partial charge in [-0.25, -0.2) is 0 Å². The first-order chi connectivity index (χ1) is 10.5. The Labute approximate surface area is 175 Å². The van der Waals surface area contributed by atoms with Crippen LogP contribution in [-0.2, 0) is 0 Å². The summed E-state index contributed by atoms with van der Waals surface area (Å²) in [5, 5.41) is 2.33. The molecule has 0 spiro atoms. The Kier molecular flexibility index (Phi) is 15.3. The van der Waals surface area contributed by atoms with E-state index in [-0.39, 0.29) is 51.4 Å². The molecule has 0 aliphatic rings. The van der Waals surface area contributed by atoms with Gasteiger partial charge in [0.1, 0.15) is 0 Å². The van der Waals surface area contributed by atoms with E-state index in [1.807, 2.05) is 24.3 Å². The van der Waals surface area contributed by atoms with Gasteiger partial charge in [0.05, 0.1) is 12.5 Å². The maximum Gasteiger partial charge on any atom is 0.0981 e. The van der Waals surface area contributed by atoms with Gasteiger partial charge in [-0.1, -0.05) is 24.3 Å². The maximum atomic E-state index is 9.75. The molecule has 0 atom stereocenters. The van der Waals surface area contributed by atoms with Crippen LogP contribution in [-0.4, -0.2) is 73.1 Å². The van der Waals surface area contributed by atoms with Crippen molar-refractivity contribution in [1.82, 2.24) is 0 Å². The number of halogens is 12. The second-order valence-electron chi connectivity index (χ2n) is 3.49. The van der Waals surface area contributed by atoms with Gasteiger partial charge in [0.2, 0.25) is 0 Å². The van der Waals surface area contributed by atoms with E-state index in [0.29, 0.717) is 0 Å². The summed E-state index contributed by atoms with van der Waals surface area (Å²) in [6.45, 7) is 0.